The quantitative estimate of drug-likeness (QED) is 0.209. The Morgan fingerprint density at radius 1 is 1.18 bits per heavy atom. The zero-order chi connectivity index (χ0) is 23.5. The number of furan rings is 1. The van der Waals surface area contributed by atoms with E-state index in [1.54, 1.807) is 49.6 Å². The van der Waals surface area contributed by atoms with Gasteiger partial charge in [-0.05, 0) is 48.6 Å². The Hall–Kier alpha value is -2.62. The Morgan fingerprint density at radius 2 is 2.00 bits per heavy atom. The molecule has 0 fully saturated rings. The van der Waals surface area contributed by atoms with Gasteiger partial charge in [0.1, 0.15) is 17.3 Å². The molecular weight excluding hydrogens is 525 g/mol. The number of rotatable bonds is 5. The molecule has 0 bridgehead atoms. The van der Waals surface area contributed by atoms with Gasteiger partial charge < -0.3 is 14.5 Å². The smallest absolute Gasteiger partial charge is 0.250 e. The van der Waals surface area contributed by atoms with Crippen LogP contribution in [0.5, 0.6) is 5.75 Å². The fourth-order valence-electron chi connectivity index (χ4n) is 2.86. The van der Waals surface area contributed by atoms with Crippen LogP contribution in [0, 0.1) is 0 Å². The van der Waals surface area contributed by atoms with E-state index in [2.05, 4.69) is 15.6 Å². The molecule has 0 spiro atoms. The summed E-state index contributed by atoms with van der Waals surface area (Å²) in [5, 5.41) is 7.36. The molecule has 6 nitrogen and oxygen atoms in total. The molecule has 4 aromatic rings. The van der Waals surface area contributed by atoms with Crippen LogP contribution in [0.25, 0.3) is 27.6 Å². The average Bonchev–Trinajstić information content (AvgIpc) is 3.39. The number of halogens is 3. The van der Waals surface area contributed by atoms with Gasteiger partial charge in [0.2, 0.25) is 5.91 Å². The first-order chi connectivity index (χ1) is 15.8. The molecule has 0 radical (unpaired) electrons. The summed E-state index contributed by atoms with van der Waals surface area (Å²) in [5.41, 5.74) is 1.35. The van der Waals surface area contributed by atoms with Gasteiger partial charge in [-0.25, -0.2) is 4.98 Å². The van der Waals surface area contributed by atoms with E-state index in [4.69, 9.17) is 56.2 Å². The average molecular weight is 539 g/mol. The van der Waals surface area contributed by atoms with Crippen molar-refractivity contribution in [2.75, 3.05) is 12.4 Å². The number of hydrogen-bond donors (Lipinski definition) is 2. The molecule has 0 aliphatic heterocycles. The Kier molecular flexibility index (Phi) is 7.21. The number of carbonyl (C=O) groups excluding carboxylic acids is 1. The molecule has 11 heteroatoms. The zero-order valence-electron chi connectivity index (χ0n) is 16.8. The minimum Gasteiger partial charge on any atom is -0.495 e. The molecule has 4 rings (SSSR count). The highest BCUT2D eigenvalue weighted by Crippen LogP contribution is 2.35. The van der Waals surface area contributed by atoms with E-state index in [0.29, 0.717) is 48.5 Å². The van der Waals surface area contributed by atoms with E-state index < -0.39 is 5.91 Å². The topological polar surface area (TPSA) is 76.4 Å². The summed E-state index contributed by atoms with van der Waals surface area (Å²) in [7, 11) is 1.54. The molecule has 0 aliphatic rings. The van der Waals surface area contributed by atoms with Crippen LogP contribution in [0.2, 0.25) is 15.1 Å². The largest absolute Gasteiger partial charge is 0.495 e. The third-order valence-electron chi connectivity index (χ3n) is 4.36. The third-order valence-corrected chi connectivity index (χ3v) is 6.61. The standard InChI is InChI=1S/C22H14Cl3N3O3S2/c1-30-17-10-18-15(9-14(17)24)26-22(33-18)28-21(32)27-19(29)8-6-11-5-7-16(31-11)12-3-2-4-13(23)20(12)25/h2-10H,1H3,(H2,26,27,28,29,32). The van der Waals surface area contributed by atoms with E-state index in [0.717, 1.165) is 4.70 Å². The fraction of sp³-hybridized carbons (Fsp3) is 0.0455. The highest BCUT2D eigenvalue weighted by molar-refractivity contribution is 7.80. The van der Waals surface area contributed by atoms with Gasteiger partial charge in [0.25, 0.3) is 0 Å². The number of fused-ring (bicyclic) bond motifs is 1. The van der Waals surface area contributed by atoms with Gasteiger partial charge in [-0.2, -0.15) is 0 Å². The van der Waals surface area contributed by atoms with Gasteiger partial charge in [-0.15, -0.1) is 0 Å². The highest BCUT2D eigenvalue weighted by atomic mass is 35.5. The van der Waals surface area contributed by atoms with Crippen LogP contribution in [0.3, 0.4) is 0 Å². The number of benzene rings is 2. The Morgan fingerprint density at radius 3 is 2.79 bits per heavy atom. The van der Waals surface area contributed by atoms with E-state index in [1.165, 1.54) is 23.5 Å². The summed E-state index contributed by atoms with van der Waals surface area (Å²) >= 11 is 25.0. The summed E-state index contributed by atoms with van der Waals surface area (Å²) in [6.45, 7) is 0. The fourth-order valence-corrected chi connectivity index (χ4v) is 4.63. The number of anilines is 1. The summed E-state index contributed by atoms with van der Waals surface area (Å²) in [5.74, 6) is 1.12. The molecule has 2 aromatic heterocycles. The molecular formula is C22H14Cl3N3O3S2. The summed E-state index contributed by atoms with van der Waals surface area (Å²) in [6.07, 6.45) is 2.82. The van der Waals surface area contributed by atoms with Crippen molar-refractivity contribution in [3.8, 4) is 17.1 Å². The molecule has 1 amide bonds. The highest BCUT2D eigenvalue weighted by Gasteiger charge is 2.12. The Bertz CT molecular complexity index is 1400. The van der Waals surface area contributed by atoms with Crippen molar-refractivity contribution in [3.05, 3.63) is 69.4 Å². The lowest BCUT2D eigenvalue weighted by Gasteiger charge is -2.04. The Balaban J connectivity index is 1.38. The molecule has 0 atom stereocenters. The van der Waals surface area contributed by atoms with Crippen molar-refractivity contribution in [1.82, 2.24) is 10.3 Å². The molecule has 0 saturated carbocycles. The van der Waals surface area contributed by atoms with Crippen molar-refractivity contribution in [1.29, 1.82) is 0 Å². The van der Waals surface area contributed by atoms with E-state index in [1.807, 2.05) is 0 Å². The zero-order valence-corrected chi connectivity index (χ0v) is 20.7. The molecule has 2 N–H and O–H groups in total. The van der Waals surface area contributed by atoms with Crippen LogP contribution >= 0.6 is 58.4 Å². The van der Waals surface area contributed by atoms with Crippen molar-refractivity contribution < 1.29 is 13.9 Å². The van der Waals surface area contributed by atoms with E-state index in [9.17, 15) is 4.79 Å². The van der Waals surface area contributed by atoms with Crippen molar-refractivity contribution in [2.24, 2.45) is 0 Å². The lowest BCUT2D eigenvalue weighted by Crippen LogP contribution is -2.32. The lowest BCUT2D eigenvalue weighted by molar-refractivity contribution is -0.115. The van der Waals surface area contributed by atoms with E-state index >= 15 is 0 Å². The summed E-state index contributed by atoms with van der Waals surface area (Å²) in [6, 6.07) is 12.2. The van der Waals surface area contributed by atoms with Crippen molar-refractivity contribution in [3.63, 3.8) is 0 Å². The molecule has 0 aliphatic carbocycles. The number of nitrogens with zero attached hydrogens (tertiary/aromatic N) is 1. The van der Waals surface area contributed by atoms with Crippen LogP contribution in [0.15, 0.2) is 53.0 Å². The molecule has 2 heterocycles. The molecule has 0 saturated heterocycles. The SMILES string of the molecule is COc1cc2sc(NC(=S)NC(=O)C=Cc3ccc(-c4cccc(Cl)c4Cl)o3)nc2cc1Cl. The Labute approximate surface area is 213 Å². The van der Waals surface area contributed by atoms with Gasteiger partial charge >= 0.3 is 0 Å². The second-order valence-electron chi connectivity index (χ2n) is 6.55. The maximum atomic E-state index is 12.2. The third kappa shape index (κ3) is 5.48. The monoisotopic (exact) mass is 537 g/mol. The first kappa shape index (κ1) is 23.5. The normalized spacial score (nSPS) is 11.2. The molecule has 2 aromatic carbocycles. The summed E-state index contributed by atoms with van der Waals surface area (Å²) in [4.78, 5) is 16.6. The number of carbonyl (C=O) groups is 1. The number of amides is 1. The van der Waals surface area contributed by atoms with Crippen LogP contribution in [-0.2, 0) is 4.79 Å². The van der Waals surface area contributed by atoms with E-state index in [-0.39, 0.29) is 5.11 Å². The number of hydrogen-bond acceptors (Lipinski definition) is 6. The van der Waals surface area contributed by atoms with Gasteiger partial charge in [-0.3, -0.25) is 10.1 Å². The maximum absolute atomic E-state index is 12.2. The number of nitrogens with one attached hydrogen (secondary N) is 2. The van der Waals surface area contributed by atoms with Gasteiger partial charge in [0, 0.05) is 17.7 Å². The predicted molar refractivity (Wildman–Crippen MR) is 139 cm³/mol. The van der Waals surface area contributed by atoms with Crippen LogP contribution in [0.1, 0.15) is 5.76 Å². The number of thiocarbonyl (C=S) groups is 1. The number of thiazole rings is 1. The summed E-state index contributed by atoms with van der Waals surface area (Å²) < 4.78 is 11.8. The first-order valence-corrected chi connectivity index (χ1v) is 11.7. The van der Waals surface area contributed by atoms with Crippen LogP contribution < -0.4 is 15.4 Å². The maximum Gasteiger partial charge on any atom is 0.250 e. The van der Waals surface area contributed by atoms with Crippen molar-refractivity contribution in [2.45, 2.75) is 0 Å². The van der Waals surface area contributed by atoms with Crippen LogP contribution in [-0.4, -0.2) is 23.1 Å². The number of ether oxygens (including phenoxy) is 1. The molecule has 0 unspecified atom stereocenters. The van der Waals surface area contributed by atoms with Gasteiger partial charge in [-0.1, -0.05) is 52.2 Å². The second-order valence-corrected chi connectivity index (χ2v) is 9.18. The van der Waals surface area contributed by atoms with Crippen molar-refractivity contribution >= 4 is 90.8 Å². The predicted octanol–water partition coefficient (Wildman–Crippen LogP) is 7.05. The number of methoxy groups -OCH3 is 1. The van der Waals surface area contributed by atoms with Gasteiger partial charge in [0.05, 0.1) is 32.4 Å². The second kappa shape index (κ2) is 10.1. The minimum atomic E-state index is -0.433. The molecule has 33 heavy (non-hydrogen) atoms. The lowest BCUT2D eigenvalue weighted by atomic mass is 10.2. The first-order valence-electron chi connectivity index (χ1n) is 9.32. The van der Waals surface area contributed by atoms with Crippen LogP contribution in [0.4, 0.5) is 5.13 Å². The number of aromatic nitrogens is 1. The minimum absolute atomic E-state index is 0.104. The van der Waals surface area contributed by atoms with Gasteiger partial charge in [0.15, 0.2) is 10.2 Å². The molecule has 168 valence electrons.